The second kappa shape index (κ2) is 10.9. The van der Waals surface area contributed by atoms with Crippen molar-refractivity contribution >= 4 is 17.5 Å². The highest BCUT2D eigenvalue weighted by molar-refractivity contribution is 6.30. The van der Waals surface area contributed by atoms with E-state index in [1.807, 2.05) is 17.0 Å². The van der Waals surface area contributed by atoms with Crippen LogP contribution in [0.5, 0.6) is 5.75 Å². The number of hydrogen-bond donors (Lipinski definition) is 1. The SMILES string of the molecule is CCc1nc(CN2CCO[C@](COc3ccc(Cl)cc3)(CC(=O)N3CCOCC3)C2)c(C)[nH]1. The molecule has 180 valence electrons. The van der Waals surface area contributed by atoms with E-state index >= 15 is 0 Å². The van der Waals surface area contributed by atoms with E-state index in [0.717, 1.165) is 30.2 Å². The highest BCUT2D eigenvalue weighted by Crippen LogP contribution is 2.27. The molecule has 9 heteroatoms. The van der Waals surface area contributed by atoms with Gasteiger partial charge in [0.25, 0.3) is 0 Å². The topological polar surface area (TPSA) is 79.9 Å². The van der Waals surface area contributed by atoms with Crippen molar-refractivity contribution in [3.05, 3.63) is 46.5 Å². The van der Waals surface area contributed by atoms with Gasteiger partial charge in [-0.3, -0.25) is 9.69 Å². The summed E-state index contributed by atoms with van der Waals surface area (Å²) in [6.07, 6.45) is 1.13. The second-order valence-electron chi connectivity index (χ2n) is 8.76. The number of H-pyrrole nitrogens is 1. The van der Waals surface area contributed by atoms with Crippen LogP contribution in [0.15, 0.2) is 24.3 Å². The number of ether oxygens (including phenoxy) is 3. The minimum atomic E-state index is -0.745. The summed E-state index contributed by atoms with van der Waals surface area (Å²) in [5, 5.41) is 0.653. The Bertz CT molecular complexity index is 929. The molecule has 0 saturated carbocycles. The summed E-state index contributed by atoms with van der Waals surface area (Å²) in [5.41, 5.74) is 1.39. The first-order chi connectivity index (χ1) is 16.0. The van der Waals surface area contributed by atoms with Crippen molar-refractivity contribution in [2.45, 2.75) is 38.8 Å². The van der Waals surface area contributed by atoms with Gasteiger partial charge < -0.3 is 24.1 Å². The lowest BCUT2D eigenvalue weighted by atomic mass is 9.96. The number of rotatable bonds is 8. The number of carbonyl (C=O) groups excluding carboxylic acids is 1. The minimum Gasteiger partial charge on any atom is -0.491 e. The number of benzene rings is 1. The summed E-state index contributed by atoms with van der Waals surface area (Å²) < 4.78 is 17.8. The van der Waals surface area contributed by atoms with E-state index in [9.17, 15) is 4.79 Å². The number of nitrogens with one attached hydrogen (secondary N) is 1. The van der Waals surface area contributed by atoms with Crippen LogP contribution in [0.25, 0.3) is 0 Å². The number of aryl methyl sites for hydroxylation is 2. The zero-order valence-electron chi connectivity index (χ0n) is 19.4. The molecule has 1 atom stereocenters. The van der Waals surface area contributed by atoms with Crippen LogP contribution in [0.2, 0.25) is 5.02 Å². The van der Waals surface area contributed by atoms with Crippen molar-refractivity contribution in [3.8, 4) is 5.75 Å². The molecule has 1 amide bonds. The molecule has 3 heterocycles. The maximum absolute atomic E-state index is 13.2. The fourth-order valence-corrected chi connectivity index (χ4v) is 4.47. The molecule has 1 aromatic heterocycles. The van der Waals surface area contributed by atoms with Gasteiger partial charge in [0.05, 0.1) is 31.9 Å². The summed E-state index contributed by atoms with van der Waals surface area (Å²) in [4.78, 5) is 25.4. The smallest absolute Gasteiger partial charge is 0.225 e. The number of hydrogen-bond acceptors (Lipinski definition) is 6. The van der Waals surface area contributed by atoms with Crippen LogP contribution in [0.1, 0.15) is 30.6 Å². The molecule has 2 saturated heterocycles. The highest BCUT2D eigenvalue weighted by atomic mass is 35.5. The molecule has 1 aromatic carbocycles. The lowest BCUT2D eigenvalue weighted by Crippen LogP contribution is -2.57. The molecule has 0 bridgehead atoms. The Morgan fingerprint density at radius 3 is 2.67 bits per heavy atom. The first kappa shape index (κ1) is 24.0. The fourth-order valence-electron chi connectivity index (χ4n) is 4.35. The lowest BCUT2D eigenvalue weighted by molar-refractivity contribution is -0.159. The third-order valence-corrected chi connectivity index (χ3v) is 6.48. The Labute approximate surface area is 200 Å². The van der Waals surface area contributed by atoms with Crippen molar-refractivity contribution in [3.63, 3.8) is 0 Å². The number of aromatic nitrogens is 2. The lowest BCUT2D eigenvalue weighted by Gasteiger charge is -2.43. The number of halogens is 1. The molecule has 1 N–H and O–H groups in total. The molecule has 0 radical (unpaired) electrons. The fraction of sp³-hybridized carbons (Fsp3) is 0.583. The summed E-state index contributed by atoms with van der Waals surface area (Å²) in [7, 11) is 0. The van der Waals surface area contributed by atoms with Crippen molar-refractivity contribution in [1.29, 1.82) is 0 Å². The summed E-state index contributed by atoms with van der Waals surface area (Å²) in [6.45, 7) is 9.41. The molecule has 2 aliphatic rings. The third kappa shape index (κ3) is 6.26. The summed E-state index contributed by atoms with van der Waals surface area (Å²) in [6, 6.07) is 7.25. The van der Waals surface area contributed by atoms with Gasteiger partial charge in [0.2, 0.25) is 5.91 Å². The van der Waals surface area contributed by atoms with Crippen LogP contribution < -0.4 is 4.74 Å². The first-order valence-corrected chi connectivity index (χ1v) is 12.0. The van der Waals surface area contributed by atoms with Gasteiger partial charge in [-0.25, -0.2) is 4.98 Å². The number of nitrogens with zero attached hydrogens (tertiary/aromatic N) is 3. The molecule has 8 nitrogen and oxygen atoms in total. The molecule has 2 aliphatic heterocycles. The molecule has 33 heavy (non-hydrogen) atoms. The average molecular weight is 477 g/mol. The normalized spacial score (nSPS) is 21.8. The Balaban J connectivity index is 1.49. The standard InChI is InChI=1S/C24H33ClN4O4/c1-3-22-26-18(2)21(27-22)15-28-8-13-33-24(16-28,14-23(30)29-9-11-31-12-10-29)17-32-20-6-4-19(25)5-7-20/h4-7H,3,8-17H2,1-2H3,(H,26,27)/t24-/m1/s1. The molecular formula is C24H33ClN4O4. The average Bonchev–Trinajstić information content (AvgIpc) is 3.18. The Morgan fingerprint density at radius 1 is 1.21 bits per heavy atom. The number of amides is 1. The summed E-state index contributed by atoms with van der Waals surface area (Å²) in [5.74, 6) is 1.77. The van der Waals surface area contributed by atoms with Crippen LogP contribution in [0, 0.1) is 6.92 Å². The van der Waals surface area contributed by atoms with Crippen molar-refractivity contribution < 1.29 is 19.0 Å². The van der Waals surface area contributed by atoms with Gasteiger partial charge in [-0.05, 0) is 31.2 Å². The zero-order chi connectivity index (χ0) is 23.3. The van der Waals surface area contributed by atoms with Gasteiger partial charge in [-0.15, -0.1) is 0 Å². The molecule has 4 rings (SSSR count). The largest absolute Gasteiger partial charge is 0.491 e. The first-order valence-electron chi connectivity index (χ1n) is 11.6. The number of morpholine rings is 2. The quantitative estimate of drug-likeness (QED) is 0.631. The zero-order valence-corrected chi connectivity index (χ0v) is 20.2. The highest BCUT2D eigenvalue weighted by Gasteiger charge is 2.41. The van der Waals surface area contributed by atoms with Gasteiger partial charge in [-0.1, -0.05) is 18.5 Å². The van der Waals surface area contributed by atoms with Crippen molar-refractivity contribution in [1.82, 2.24) is 19.8 Å². The van der Waals surface area contributed by atoms with E-state index in [-0.39, 0.29) is 18.9 Å². The second-order valence-corrected chi connectivity index (χ2v) is 9.20. The van der Waals surface area contributed by atoms with Gasteiger partial charge in [0, 0.05) is 49.9 Å². The monoisotopic (exact) mass is 476 g/mol. The molecule has 0 unspecified atom stereocenters. The van der Waals surface area contributed by atoms with Gasteiger partial charge in [0.15, 0.2) is 0 Å². The van der Waals surface area contributed by atoms with Crippen molar-refractivity contribution in [2.75, 3.05) is 52.6 Å². The van der Waals surface area contributed by atoms with E-state index < -0.39 is 5.60 Å². The predicted octanol–water partition coefficient (Wildman–Crippen LogP) is 2.83. The van der Waals surface area contributed by atoms with Gasteiger partial charge >= 0.3 is 0 Å². The molecule has 0 spiro atoms. The maximum atomic E-state index is 13.2. The van der Waals surface area contributed by atoms with E-state index in [1.54, 1.807) is 12.1 Å². The van der Waals surface area contributed by atoms with Crippen molar-refractivity contribution in [2.24, 2.45) is 0 Å². The van der Waals surface area contributed by atoms with Gasteiger partial charge in [0.1, 0.15) is 23.8 Å². The number of carbonyl (C=O) groups is 1. The Kier molecular flexibility index (Phi) is 7.90. The van der Waals surface area contributed by atoms with Gasteiger partial charge in [-0.2, -0.15) is 0 Å². The van der Waals surface area contributed by atoms with Crippen LogP contribution in [0.3, 0.4) is 0 Å². The van der Waals surface area contributed by atoms with E-state index in [4.69, 9.17) is 30.8 Å². The molecule has 0 aliphatic carbocycles. The molecule has 2 aromatic rings. The minimum absolute atomic E-state index is 0.0732. The van der Waals surface area contributed by atoms with E-state index in [0.29, 0.717) is 56.8 Å². The molecule has 2 fully saturated rings. The Morgan fingerprint density at radius 2 is 1.97 bits per heavy atom. The third-order valence-electron chi connectivity index (χ3n) is 6.22. The van der Waals surface area contributed by atoms with Crippen LogP contribution in [-0.4, -0.2) is 83.9 Å². The number of aromatic amines is 1. The van der Waals surface area contributed by atoms with Crippen LogP contribution >= 0.6 is 11.6 Å². The maximum Gasteiger partial charge on any atom is 0.225 e. The van der Waals surface area contributed by atoms with E-state index in [2.05, 4.69) is 23.7 Å². The number of imidazole rings is 1. The summed E-state index contributed by atoms with van der Waals surface area (Å²) >= 11 is 6.01. The van der Waals surface area contributed by atoms with Crippen LogP contribution in [0.4, 0.5) is 0 Å². The molecular weight excluding hydrogens is 444 g/mol. The predicted molar refractivity (Wildman–Crippen MR) is 126 cm³/mol. The van der Waals surface area contributed by atoms with E-state index in [1.165, 1.54) is 0 Å². The van der Waals surface area contributed by atoms with Crippen LogP contribution in [-0.2, 0) is 27.2 Å². The Hall–Kier alpha value is -2.13.